The van der Waals surface area contributed by atoms with Crippen LogP contribution < -0.4 is 0 Å². The van der Waals surface area contributed by atoms with Crippen molar-refractivity contribution in [1.29, 1.82) is 0 Å². The van der Waals surface area contributed by atoms with E-state index in [9.17, 15) is 5.11 Å². The predicted molar refractivity (Wildman–Crippen MR) is 143 cm³/mol. The molecule has 2 aromatic heterocycles. The highest BCUT2D eigenvalue weighted by Gasteiger charge is 2.55. The highest BCUT2D eigenvalue weighted by atomic mass is 16.5. The van der Waals surface area contributed by atoms with Gasteiger partial charge in [-0.1, -0.05) is 45.0 Å². The lowest BCUT2D eigenvalue weighted by molar-refractivity contribution is -0.127. The number of hydrogen-bond acceptors (Lipinski definition) is 6. The SMILES string of the molecule is CC(C)c1ccc([C@](O)(c2cncc(-c3nc(C4CCOCC4)n(C4CC4)n3)c2)C2(C)CN(C)C2)cc1. The molecule has 1 atom stereocenters. The molecule has 2 saturated heterocycles. The zero-order valence-corrected chi connectivity index (χ0v) is 22.5. The van der Waals surface area contributed by atoms with E-state index < -0.39 is 5.60 Å². The Hall–Kier alpha value is -2.61. The summed E-state index contributed by atoms with van der Waals surface area (Å²) >= 11 is 0. The summed E-state index contributed by atoms with van der Waals surface area (Å²) in [5, 5.41) is 17.6. The molecule has 196 valence electrons. The number of pyridine rings is 1. The Morgan fingerprint density at radius 3 is 2.35 bits per heavy atom. The molecule has 0 spiro atoms. The second kappa shape index (κ2) is 9.29. The van der Waals surface area contributed by atoms with Gasteiger partial charge in [0.1, 0.15) is 11.4 Å². The molecule has 7 heteroatoms. The summed E-state index contributed by atoms with van der Waals surface area (Å²) in [5.41, 5.74) is 2.32. The van der Waals surface area contributed by atoms with Gasteiger partial charge in [-0.2, -0.15) is 5.10 Å². The Morgan fingerprint density at radius 2 is 1.73 bits per heavy atom. The van der Waals surface area contributed by atoms with Gasteiger partial charge in [0.15, 0.2) is 5.82 Å². The van der Waals surface area contributed by atoms with Crippen LogP contribution in [0.3, 0.4) is 0 Å². The molecule has 37 heavy (non-hydrogen) atoms. The van der Waals surface area contributed by atoms with Crippen LogP contribution in [0.25, 0.3) is 11.4 Å². The van der Waals surface area contributed by atoms with Crippen LogP contribution in [0.15, 0.2) is 42.7 Å². The standard InChI is InChI=1S/C30H39N5O2/c1-20(2)21-5-7-24(8-6-21)30(36,29(3)18-34(4)19-29)25-15-23(16-31-17-25)27-32-28(22-11-13-37-14-12-22)35(33-27)26-9-10-26/h5-8,15-17,20,22,26,36H,9-14,18-19H2,1-4H3/t30-/m0/s1. The van der Waals surface area contributed by atoms with Crippen molar-refractivity contribution in [3.63, 3.8) is 0 Å². The topological polar surface area (TPSA) is 76.3 Å². The molecule has 3 aromatic rings. The Balaban J connectivity index is 1.41. The first-order valence-corrected chi connectivity index (χ1v) is 13.8. The molecular weight excluding hydrogens is 462 g/mol. The molecule has 7 nitrogen and oxygen atoms in total. The smallest absolute Gasteiger partial charge is 0.182 e. The first-order chi connectivity index (χ1) is 17.8. The van der Waals surface area contributed by atoms with Gasteiger partial charge in [0.25, 0.3) is 0 Å². The summed E-state index contributed by atoms with van der Waals surface area (Å²) in [6, 6.07) is 11.0. The molecule has 3 aliphatic rings. The number of aliphatic hydroxyl groups is 1. The van der Waals surface area contributed by atoms with Crippen LogP contribution in [0.5, 0.6) is 0 Å². The monoisotopic (exact) mass is 501 g/mol. The van der Waals surface area contributed by atoms with Crippen molar-refractivity contribution in [3.05, 3.63) is 65.2 Å². The minimum Gasteiger partial charge on any atom is -0.381 e. The van der Waals surface area contributed by atoms with E-state index in [4.69, 9.17) is 14.8 Å². The average molecular weight is 502 g/mol. The van der Waals surface area contributed by atoms with Gasteiger partial charge in [-0.3, -0.25) is 4.98 Å². The quantitative estimate of drug-likeness (QED) is 0.497. The van der Waals surface area contributed by atoms with Crippen LogP contribution in [-0.4, -0.2) is 63.1 Å². The molecule has 1 N–H and O–H groups in total. The zero-order chi connectivity index (χ0) is 25.8. The largest absolute Gasteiger partial charge is 0.381 e. The number of likely N-dealkylation sites (tertiary alicyclic amines) is 1. The molecule has 0 radical (unpaired) electrons. The maximum Gasteiger partial charge on any atom is 0.182 e. The third-order valence-corrected chi connectivity index (χ3v) is 8.66. The van der Waals surface area contributed by atoms with Crippen LogP contribution >= 0.6 is 0 Å². The number of ether oxygens (including phenoxy) is 1. The summed E-state index contributed by atoms with van der Waals surface area (Å²) in [6.45, 7) is 9.75. The molecule has 0 unspecified atom stereocenters. The third kappa shape index (κ3) is 4.31. The van der Waals surface area contributed by atoms with Crippen LogP contribution in [0.2, 0.25) is 0 Å². The fourth-order valence-electron chi connectivity index (χ4n) is 6.39. The maximum atomic E-state index is 12.6. The lowest BCUT2D eigenvalue weighted by atomic mass is 9.62. The number of hydrogen-bond donors (Lipinski definition) is 1. The molecule has 0 bridgehead atoms. The molecule has 4 heterocycles. The lowest BCUT2D eigenvalue weighted by Crippen LogP contribution is -2.63. The second-order valence-electron chi connectivity index (χ2n) is 12.0. The molecule has 1 saturated carbocycles. The Kier molecular flexibility index (Phi) is 6.21. The van der Waals surface area contributed by atoms with Crippen molar-refractivity contribution in [3.8, 4) is 11.4 Å². The molecule has 6 rings (SSSR count). The summed E-state index contributed by atoms with van der Waals surface area (Å²) in [4.78, 5) is 11.9. The van der Waals surface area contributed by atoms with Crippen molar-refractivity contribution < 1.29 is 9.84 Å². The molecule has 1 aromatic carbocycles. The van der Waals surface area contributed by atoms with E-state index in [1.165, 1.54) is 5.56 Å². The van der Waals surface area contributed by atoms with Crippen molar-refractivity contribution in [2.24, 2.45) is 5.41 Å². The second-order valence-corrected chi connectivity index (χ2v) is 12.0. The van der Waals surface area contributed by atoms with Gasteiger partial charge in [-0.15, -0.1) is 0 Å². The first kappa shape index (κ1) is 24.7. The van der Waals surface area contributed by atoms with Gasteiger partial charge in [0.2, 0.25) is 0 Å². The van der Waals surface area contributed by atoms with Crippen molar-refractivity contribution in [1.82, 2.24) is 24.6 Å². The fourth-order valence-corrected chi connectivity index (χ4v) is 6.39. The normalized spacial score (nSPS) is 22.1. The number of aromatic nitrogens is 4. The third-order valence-electron chi connectivity index (χ3n) is 8.66. The van der Waals surface area contributed by atoms with Gasteiger partial charge in [-0.05, 0) is 55.8 Å². The van der Waals surface area contributed by atoms with Crippen LogP contribution in [0.1, 0.15) is 86.8 Å². The van der Waals surface area contributed by atoms with Gasteiger partial charge in [-0.25, -0.2) is 9.67 Å². The molecule has 3 fully saturated rings. The summed E-state index contributed by atoms with van der Waals surface area (Å²) in [6.07, 6.45) is 7.95. The Bertz CT molecular complexity index is 1250. The lowest BCUT2D eigenvalue weighted by Gasteiger charge is -2.55. The zero-order valence-electron chi connectivity index (χ0n) is 22.5. The van der Waals surface area contributed by atoms with Crippen molar-refractivity contribution in [2.45, 2.75) is 69.9 Å². The maximum absolute atomic E-state index is 12.6. The molecule has 2 aliphatic heterocycles. The molecule has 0 amide bonds. The van der Waals surface area contributed by atoms with E-state index in [1.54, 1.807) is 0 Å². The fraction of sp³-hybridized carbons (Fsp3) is 0.567. The van der Waals surface area contributed by atoms with E-state index in [-0.39, 0.29) is 5.41 Å². The molecular formula is C30H39N5O2. The van der Waals surface area contributed by atoms with Crippen LogP contribution in [-0.2, 0) is 10.3 Å². The van der Waals surface area contributed by atoms with E-state index >= 15 is 0 Å². The van der Waals surface area contributed by atoms with Gasteiger partial charge >= 0.3 is 0 Å². The number of rotatable bonds is 7. The number of benzene rings is 1. The summed E-state index contributed by atoms with van der Waals surface area (Å²) < 4.78 is 7.76. The van der Waals surface area contributed by atoms with E-state index in [0.29, 0.717) is 23.7 Å². The van der Waals surface area contributed by atoms with E-state index in [0.717, 1.165) is 74.5 Å². The Morgan fingerprint density at radius 1 is 1.03 bits per heavy atom. The van der Waals surface area contributed by atoms with E-state index in [1.807, 2.05) is 12.4 Å². The summed E-state index contributed by atoms with van der Waals surface area (Å²) in [5.74, 6) is 2.61. The van der Waals surface area contributed by atoms with Crippen LogP contribution in [0.4, 0.5) is 0 Å². The minimum atomic E-state index is -1.18. The average Bonchev–Trinajstić information content (AvgIpc) is 3.65. The Labute approximate surface area is 219 Å². The molecule has 1 aliphatic carbocycles. The van der Waals surface area contributed by atoms with Crippen molar-refractivity contribution >= 4 is 0 Å². The first-order valence-electron chi connectivity index (χ1n) is 13.8. The highest BCUT2D eigenvalue weighted by molar-refractivity contribution is 5.56. The van der Waals surface area contributed by atoms with Gasteiger partial charge in [0, 0.05) is 61.2 Å². The van der Waals surface area contributed by atoms with E-state index in [2.05, 4.69) is 72.7 Å². The van der Waals surface area contributed by atoms with Gasteiger partial charge < -0.3 is 14.7 Å². The summed E-state index contributed by atoms with van der Waals surface area (Å²) in [7, 11) is 2.10. The van der Waals surface area contributed by atoms with Crippen LogP contribution in [0, 0.1) is 5.41 Å². The van der Waals surface area contributed by atoms with Gasteiger partial charge in [0.05, 0.1) is 6.04 Å². The van der Waals surface area contributed by atoms with Crippen molar-refractivity contribution in [2.75, 3.05) is 33.4 Å². The minimum absolute atomic E-state index is 0.338. The predicted octanol–water partition coefficient (Wildman–Crippen LogP) is 4.88. The highest BCUT2D eigenvalue weighted by Crippen LogP contribution is 2.50. The number of nitrogens with zero attached hydrogens (tertiary/aromatic N) is 5.